The largest absolute Gasteiger partial charge is 0.469 e. The lowest BCUT2D eigenvalue weighted by Crippen LogP contribution is -2.31. The zero-order valence-corrected chi connectivity index (χ0v) is 21.6. The zero-order chi connectivity index (χ0) is 25.6. The molecule has 7 nitrogen and oxygen atoms in total. The number of nitrogens with one attached hydrogen (secondary N) is 1. The molecule has 4 aromatic rings. The molecule has 2 aromatic heterocycles. The molecule has 1 N–H and O–H groups in total. The van der Waals surface area contributed by atoms with Crippen LogP contribution in [0.2, 0.25) is 0 Å². The van der Waals surface area contributed by atoms with Crippen LogP contribution in [0.3, 0.4) is 0 Å². The standard InChI is InChI=1S/C30H32N5O2/c1-35(2)28-16-27-26(15-24(28)18-32-35)33-30(34-27)23-12-13-25(31-17-23)22-10-8-21(9-11-22)20-6-4-19(5-7-20)14-29(36)37-3/h8-13,15-20H,4-7,14H2,1-3H3,(H,33,34)/q+1. The Morgan fingerprint density at radius 1 is 1.03 bits per heavy atom. The van der Waals surface area contributed by atoms with Crippen molar-refractivity contribution in [1.29, 1.82) is 0 Å². The van der Waals surface area contributed by atoms with Gasteiger partial charge in [-0.15, -0.1) is 0 Å². The minimum atomic E-state index is -0.0895. The van der Waals surface area contributed by atoms with Crippen molar-refractivity contribution < 1.29 is 9.53 Å². The molecule has 0 bridgehead atoms. The van der Waals surface area contributed by atoms with Crippen molar-refractivity contribution in [2.45, 2.75) is 38.0 Å². The molecular formula is C30H32N5O2+. The molecule has 6 rings (SSSR count). The number of quaternary nitrogens is 1. The second-order valence-electron chi connectivity index (χ2n) is 10.7. The molecule has 1 aliphatic carbocycles. The van der Waals surface area contributed by atoms with Crippen LogP contribution < -0.4 is 4.59 Å². The third-order valence-electron chi connectivity index (χ3n) is 7.95. The van der Waals surface area contributed by atoms with Gasteiger partial charge in [-0.05, 0) is 61.3 Å². The fourth-order valence-electron chi connectivity index (χ4n) is 5.69. The summed E-state index contributed by atoms with van der Waals surface area (Å²) >= 11 is 0. The minimum Gasteiger partial charge on any atom is -0.469 e. The lowest BCUT2D eigenvalue weighted by atomic mass is 9.77. The third-order valence-corrected chi connectivity index (χ3v) is 7.95. The topological polar surface area (TPSA) is 80.2 Å². The molecule has 1 aliphatic heterocycles. The van der Waals surface area contributed by atoms with Crippen molar-refractivity contribution in [1.82, 2.24) is 19.5 Å². The van der Waals surface area contributed by atoms with E-state index in [1.54, 1.807) is 0 Å². The molecule has 37 heavy (non-hydrogen) atoms. The average molecular weight is 495 g/mol. The van der Waals surface area contributed by atoms with Crippen molar-refractivity contribution in [2.75, 3.05) is 21.2 Å². The number of hydrogen-bond donors (Lipinski definition) is 1. The molecule has 1 saturated carbocycles. The van der Waals surface area contributed by atoms with Crippen LogP contribution in [0.25, 0.3) is 33.7 Å². The number of hydrogen-bond acceptors (Lipinski definition) is 5. The first-order valence-electron chi connectivity index (χ1n) is 13.0. The molecule has 0 saturated heterocycles. The Kier molecular flexibility index (Phi) is 5.88. The molecule has 2 aromatic carbocycles. The van der Waals surface area contributed by atoms with E-state index in [9.17, 15) is 4.79 Å². The van der Waals surface area contributed by atoms with E-state index in [1.807, 2.05) is 12.4 Å². The van der Waals surface area contributed by atoms with E-state index in [0.29, 0.717) is 22.8 Å². The van der Waals surface area contributed by atoms with Crippen LogP contribution in [-0.2, 0) is 9.53 Å². The van der Waals surface area contributed by atoms with Gasteiger partial charge in [-0.3, -0.25) is 9.78 Å². The van der Waals surface area contributed by atoms with Crippen LogP contribution in [0.5, 0.6) is 0 Å². The van der Waals surface area contributed by atoms with Crippen LogP contribution in [-0.4, -0.2) is 48.3 Å². The van der Waals surface area contributed by atoms with E-state index >= 15 is 0 Å². The number of H-pyrrole nitrogens is 1. The molecule has 0 atom stereocenters. The Morgan fingerprint density at radius 3 is 2.49 bits per heavy atom. The van der Waals surface area contributed by atoms with Gasteiger partial charge in [0.05, 0.1) is 49.7 Å². The fourth-order valence-corrected chi connectivity index (χ4v) is 5.69. The predicted molar refractivity (Wildman–Crippen MR) is 147 cm³/mol. The van der Waals surface area contributed by atoms with Crippen LogP contribution >= 0.6 is 0 Å². The maximum Gasteiger partial charge on any atom is 0.305 e. The summed E-state index contributed by atoms with van der Waals surface area (Å²) in [6.07, 6.45) is 8.76. The second-order valence-corrected chi connectivity index (χ2v) is 10.7. The highest BCUT2D eigenvalue weighted by Gasteiger charge is 2.29. The summed E-state index contributed by atoms with van der Waals surface area (Å²) in [4.78, 5) is 24.6. The first kappa shape index (κ1) is 23.6. The molecule has 7 heteroatoms. The number of methoxy groups -OCH3 is 1. The van der Waals surface area contributed by atoms with Gasteiger partial charge in [0.25, 0.3) is 0 Å². The minimum absolute atomic E-state index is 0.0895. The molecule has 2 aliphatic rings. The Hall–Kier alpha value is -3.84. The maximum atomic E-state index is 11.6. The van der Waals surface area contributed by atoms with Crippen LogP contribution in [0.15, 0.2) is 59.8 Å². The van der Waals surface area contributed by atoms with Gasteiger partial charge in [0.2, 0.25) is 0 Å². The van der Waals surface area contributed by atoms with E-state index in [-0.39, 0.29) is 5.97 Å². The number of esters is 1. The van der Waals surface area contributed by atoms with Gasteiger partial charge < -0.3 is 9.72 Å². The quantitative estimate of drug-likeness (QED) is 0.271. The molecule has 1 fully saturated rings. The maximum absolute atomic E-state index is 11.6. The smallest absolute Gasteiger partial charge is 0.305 e. The number of benzene rings is 2. The lowest BCUT2D eigenvalue weighted by molar-refractivity contribution is -0.142. The lowest BCUT2D eigenvalue weighted by Gasteiger charge is -2.28. The van der Waals surface area contributed by atoms with Crippen molar-refractivity contribution in [2.24, 2.45) is 11.0 Å². The van der Waals surface area contributed by atoms with Crippen LogP contribution in [0, 0.1) is 5.92 Å². The number of rotatable bonds is 5. The highest BCUT2D eigenvalue weighted by atomic mass is 16.5. The predicted octanol–water partition coefficient (Wildman–Crippen LogP) is 6.04. The third kappa shape index (κ3) is 4.55. The summed E-state index contributed by atoms with van der Waals surface area (Å²) < 4.78 is 5.32. The Morgan fingerprint density at radius 2 is 1.78 bits per heavy atom. The number of aromatic amines is 1. The summed E-state index contributed by atoms with van der Waals surface area (Å²) in [5, 5.41) is 4.55. The second kappa shape index (κ2) is 9.23. The van der Waals surface area contributed by atoms with Gasteiger partial charge in [0.15, 0.2) is 5.69 Å². The monoisotopic (exact) mass is 494 g/mol. The highest BCUT2D eigenvalue weighted by Crippen LogP contribution is 2.38. The van der Waals surface area contributed by atoms with E-state index in [4.69, 9.17) is 14.7 Å². The van der Waals surface area contributed by atoms with Crippen molar-refractivity contribution in [3.05, 3.63) is 65.9 Å². The van der Waals surface area contributed by atoms with Crippen molar-refractivity contribution in [3.63, 3.8) is 0 Å². The number of aromatic nitrogens is 3. The molecular weight excluding hydrogens is 462 g/mol. The first-order chi connectivity index (χ1) is 17.9. The number of carbonyl (C=O) groups excluding carboxylic acids is 1. The average Bonchev–Trinajstić information content (AvgIpc) is 3.48. The van der Waals surface area contributed by atoms with E-state index in [0.717, 1.165) is 70.6 Å². The van der Waals surface area contributed by atoms with Gasteiger partial charge in [-0.25, -0.2) is 4.98 Å². The number of carbonyl (C=O) groups is 1. The number of fused-ring (bicyclic) bond motifs is 2. The first-order valence-corrected chi connectivity index (χ1v) is 13.0. The summed E-state index contributed by atoms with van der Waals surface area (Å²) in [6, 6.07) is 17.2. The fraction of sp³-hybridized carbons (Fsp3) is 0.333. The number of imidazole rings is 1. The van der Waals surface area contributed by atoms with Crippen molar-refractivity contribution in [3.8, 4) is 22.6 Å². The van der Waals surface area contributed by atoms with Gasteiger partial charge >= 0.3 is 5.97 Å². The number of ether oxygens (including phenoxy) is 1. The Balaban J connectivity index is 1.14. The summed E-state index contributed by atoms with van der Waals surface area (Å²) in [7, 11) is 5.61. The zero-order valence-electron chi connectivity index (χ0n) is 21.6. The molecule has 0 amide bonds. The SMILES string of the molecule is COC(=O)CC1CCC(c2ccc(-c3ccc(-c4nc5cc6c(cc5[nH]4)[N+](C)(C)N=C6)cn3)cc2)CC1. The molecule has 3 heterocycles. The van der Waals surface area contributed by atoms with Crippen molar-refractivity contribution >= 4 is 28.9 Å². The van der Waals surface area contributed by atoms with E-state index in [2.05, 4.69) is 72.7 Å². The number of pyridine rings is 1. The summed E-state index contributed by atoms with van der Waals surface area (Å²) in [5.74, 6) is 1.74. The van der Waals surface area contributed by atoms with Gasteiger partial charge in [0, 0.05) is 29.8 Å². The molecule has 0 spiro atoms. The molecule has 0 radical (unpaired) electrons. The van der Waals surface area contributed by atoms with E-state index < -0.39 is 0 Å². The normalized spacial score (nSPS) is 20.2. The number of nitrogens with zero attached hydrogens (tertiary/aromatic N) is 4. The Bertz CT molecular complexity index is 1480. The molecule has 0 unspecified atom stereocenters. The van der Waals surface area contributed by atoms with Gasteiger partial charge in [-0.1, -0.05) is 29.4 Å². The van der Waals surface area contributed by atoms with E-state index in [1.165, 1.54) is 12.7 Å². The van der Waals surface area contributed by atoms with Crippen LogP contribution in [0.1, 0.15) is 49.1 Å². The van der Waals surface area contributed by atoms with Crippen LogP contribution in [0.4, 0.5) is 5.69 Å². The van der Waals surface area contributed by atoms with Gasteiger partial charge in [-0.2, -0.15) is 4.59 Å². The molecule has 188 valence electrons. The summed E-state index contributed by atoms with van der Waals surface area (Å²) in [5.41, 5.74) is 8.60. The summed E-state index contributed by atoms with van der Waals surface area (Å²) in [6.45, 7) is 0. The highest BCUT2D eigenvalue weighted by molar-refractivity contribution is 5.97. The Labute approximate surface area is 216 Å². The van der Waals surface area contributed by atoms with Gasteiger partial charge in [0.1, 0.15) is 5.82 Å².